The minimum Gasteiger partial charge on any atom is -0.479 e. The summed E-state index contributed by atoms with van der Waals surface area (Å²) in [6.07, 6.45) is 7.80. The van der Waals surface area contributed by atoms with Crippen molar-refractivity contribution in [2.24, 2.45) is 0 Å². The summed E-state index contributed by atoms with van der Waals surface area (Å²) < 4.78 is 39.2. The van der Waals surface area contributed by atoms with Crippen LogP contribution in [0.25, 0.3) is 0 Å². The summed E-state index contributed by atoms with van der Waals surface area (Å²) >= 11 is 0. The highest BCUT2D eigenvalue weighted by Crippen LogP contribution is 2.30. The van der Waals surface area contributed by atoms with Gasteiger partial charge in [0.25, 0.3) is 5.91 Å². The van der Waals surface area contributed by atoms with Crippen molar-refractivity contribution in [3.05, 3.63) is 70.8 Å². The molecule has 9 heteroatoms. The largest absolute Gasteiger partial charge is 0.479 e. The number of nitrogens with one attached hydrogen (secondary N) is 1. The number of hydroxylamine groups is 2. The van der Waals surface area contributed by atoms with Crippen LogP contribution in [0.3, 0.4) is 0 Å². The predicted molar refractivity (Wildman–Crippen MR) is 145 cm³/mol. The summed E-state index contributed by atoms with van der Waals surface area (Å²) in [6, 6.07) is 11.6. The van der Waals surface area contributed by atoms with Crippen LogP contribution in [-0.2, 0) is 28.9 Å². The van der Waals surface area contributed by atoms with Crippen LogP contribution in [0.2, 0.25) is 0 Å². The third-order valence-electron chi connectivity index (χ3n) is 6.37. The molecule has 0 heterocycles. The number of carboxylic acid groups (broad SMARTS) is 1. The van der Waals surface area contributed by atoms with Crippen molar-refractivity contribution in [1.82, 2.24) is 10.4 Å². The van der Waals surface area contributed by atoms with Crippen LogP contribution >= 0.6 is 0 Å². The van der Waals surface area contributed by atoms with E-state index in [9.17, 15) is 22.8 Å². The van der Waals surface area contributed by atoms with Crippen molar-refractivity contribution < 1.29 is 32.7 Å². The first kappa shape index (κ1) is 32.3. The molecule has 216 valence electrons. The Morgan fingerprint density at radius 1 is 0.846 bits per heavy atom. The number of carbonyl (C=O) groups is 2. The van der Waals surface area contributed by atoms with Gasteiger partial charge in [-0.3, -0.25) is 9.63 Å². The Hall–Kier alpha value is -2.91. The molecule has 0 aliphatic carbocycles. The lowest BCUT2D eigenvalue weighted by atomic mass is 10.1. The minimum atomic E-state index is -4.48. The number of hydrogen-bond donors (Lipinski definition) is 2. The van der Waals surface area contributed by atoms with E-state index in [1.54, 1.807) is 24.3 Å². The third kappa shape index (κ3) is 13.6. The molecule has 2 aromatic carbocycles. The highest BCUT2D eigenvalue weighted by molar-refractivity contribution is 5.94. The second-order valence-corrected chi connectivity index (χ2v) is 9.80. The molecule has 0 unspecified atom stereocenters. The smallest absolute Gasteiger partial charge is 0.416 e. The van der Waals surface area contributed by atoms with E-state index in [-0.39, 0.29) is 19.0 Å². The van der Waals surface area contributed by atoms with Gasteiger partial charge in [0.2, 0.25) is 0 Å². The molecule has 0 aromatic heterocycles. The second-order valence-electron chi connectivity index (χ2n) is 9.80. The van der Waals surface area contributed by atoms with Crippen molar-refractivity contribution in [2.75, 3.05) is 13.2 Å². The third-order valence-corrected chi connectivity index (χ3v) is 6.37. The first-order valence-electron chi connectivity index (χ1n) is 13.8. The van der Waals surface area contributed by atoms with Crippen molar-refractivity contribution in [3.8, 4) is 0 Å². The molecule has 0 fully saturated rings. The summed E-state index contributed by atoms with van der Waals surface area (Å²) in [5.41, 5.74) is 0.768. The van der Waals surface area contributed by atoms with Crippen LogP contribution in [0.4, 0.5) is 13.2 Å². The van der Waals surface area contributed by atoms with Gasteiger partial charge in [-0.25, -0.2) is 4.79 Å². The molecule has 0 atom stereocenters. The van der Waals surface area contributed by atoms with E-state index in [0.717, 1.165) is 30.5 Å². The SMILES string of the molecule is CCCCCCCCCCCCNC(=O)c1ccc(CN(Cc2cccc(C(F)(F)F)c2)OCC(=O)O)cc1. The zero-order valence-electron chi connectivity index (χ0n) is 22.8. The molecule has 2 rings (SSSR count). The topological polar surface area (TPSA) is 78.9 Å². The molecule has 39 heavy (non-hydrogen) atoms. The first-order valence-corrected chi connectivity index (χ1v) is 13.8. The molecule has 6 nitrogen and oxygen atoms in total. The molecule has 2 aromatic rings. The van der Waals surface area contributed by atoms with Gasteiger partial charge in [0, 0.05) is 25.2 Å². The first-order chi connectivity index (χ1) is 18.7. The molecule has 0 aliphatic heterocycles. The summed E-state index contributed by atoms with van der Waals surface area (Å²) in [5, 5.41) is 13.2. The fourth-order valence-electron chi connectivity index (χ4n) is 4.22. The number of halogens is 3. The van der Waals surface area contributed by atoms with Gasteiger partial charge in [-0.2, -0.15) is 18.2 Å². The maximum absolute atomic E-state index is 13.1. The number of carbonyl (C=O) groups excluding carboxylic acids is 1. The lowest BCUT2D eigenvalue weighted by Crippen LogP contribution is -2.27. The molecule has 1 amide bonds. The molecule has 0 spiro atoms. The number of nitrogens with zero attached hydrogens (tertiary/aromatic N) is 1. The fourth-order valence-corrected chi connectivity index (χ4v) is 4.22. The monoisotopic (exact) mass is 550 g/mol. The van der Waals surface area contributed by atoms with E-state index in [2.05, 4.69) is 12.2 Å². The van der Waals surface area contributed by atoms with Gasteiger partial charge in [0.1, 0.15) is 0 Å². The van der Waals surface area contributed by atoms with Crippen molar-refractivity contribution >= 4 is 11.9 Å². The predicted octanol–water partition coefficient (Wildman–Crippen LogP) is 7.37. The molecule has 0 aliphatic rings. The maximum atomic E-state index is 13.1. The van der Waals surface area contributed by atoms with Crippen molar-refractivity contribution in [1.29, 1.82) is 0 Å². The van der Waals surface area contributed by atoms with Crippen molar-refractivity contribution in [3.63, 3.8) is 0 Å². The lowest BCUT2D eigenvalue weighted by Gasteiger charge is -2.22. The van der Waals surface area contributed by atoms with Gasteiger partial charge >= 0.3 is 12.1 Å². The summed E-state index contributed by atoms with van der Waals surface area (Å²) in [7, 11) is 0. The number of aliphatic carboxylic acids is 1. The fraction of sp³-hybridized carbons (Fsp3) is 0.533. The lowest BCUT2D eigenvalue weighted by molar-refractivity contribution is -0.190. The van der Waals surface area contributed by atoms with Gasteiger partial charge in [-0.15, -0.1) is 0 Å². The zero-order valence-corrected chi connectivity index (χ0v) is 22.8. The Labute approximate surface area is 229 Å². The van der Waals surface area contributed by atoms with E-state index in [0.29, 0.717) is 17.7 Å². The highest BCUT2D eigenvalue weighted by Gasteiger charge is 2.30. The van der Waals surface area contributed by atoms with Crippen LogP contribution in [0, 0.1) is 0 Å². The summed E-state index contributed by atoms with van der Waals surface area (Å²) in [5.74, 6) is -1.36. The number of alkyl halides is 3. The van der Waals surface area contributed by atoms with Gasteiger partial charge in [0.15, 0.2) is 6.61 Å². The number of carboxylic acids is 1. The second kappa shape index (κ2) is 17.6. The molecule has 2 N–H and O–H groups in total. The zero-order chi connectivity index (χ0) is 28.5. The standard InChI is InChI=1S/C30H41F3N2O4/c1-2-3-4-5-6-7-8-9-10-11-19-34-29(38)26-17-15-24(16-18-26)21-35(39-23-28(36)37)22-25-13-12-14-27(20-25)30(31,32)33/h12-18,20H,2-11,19,21-23H2,1H3,(H,34,38)(H,36,37). The van der Waals surface area contributed by atoms with Crippen LogP contribution < -0.4 is 5.32 Å². The van der Waals surface area contributed by atoms with E-state index in [1.807, 2.05) is 0 Å². The van der Waals surface area contributed by atoms with E-state index < -0.39 is 24.3 Å². The Bertz CT molecular complexity index is 996. The highest BCUT2D eigenvalue weighted by atomic mass is 19.4. The Morgan fingerprint density at radius 3 is 2.03 bits per heavy atom. The van der Waals surface area contributed by atoms with E-state index >= 15 is 0 Å². The molecular formula is C30H41F3N2O4. The quantitative estimate of drug-likeness (QED) is 0.141. The van der Waals surface area contributed by atoms with Gasteiger partial charge in [0.05, 0.1) is 5.56 Å². The van der Waals surface area contributed by atoms with Crippen LogP contribution in [0.15, 0.2) is 48.5 Å². The summed E-state index contributed by atoms with van der Waals surface area (Å²) in [6.45, 7) is 2.30. The number of rotatable bonds is 19. The van der Waals surface area contributed by atoms with Gasteiger partial charge in [-0.1, -0.05) is 95.0 Å². The average Bonchev–Trinajstić information content (AvgIpc) is 2.90. The van der Waals surface area contributed by atoms with Gasteiger partial charge < -0.3 is 10.4 Å². The van der Waals surface area contributed by atoms with E-state index in [4.69, 9.17) is 9.94 Å². The molecule has 0 bridgehead atoms. The maximum Gasteiger partial charge on any atom is 0.416 e. The molecule has 0 saturated heterocycles. The van der Waals surface area contributed by atoms with E-state index in [1.165, 1.54) is 68.6 Å². The molecular weight excluding hydrogens is 509 g/mol. The van der Waals surface area contributed by atoms with Crippen LogP contribution in [0.5, 0.6) is 0 Å². The number of unbranched alkanes of at least 4 members (excludes halogenated alkanes) is 9. The van der Waals surface area contributed by atoms with Gasteiger partial charge in [-0.05, 0) is 35.7 Å². The summed E-state index contributed by atoms with van der Waals surface area (Å²) in [4.78, 5) is 28.8. The number of amides is 1. The van der Waals surface area contributed by atoms with Crippen molar-refractivity contribution in [2.45, 2.75) is 90.4 Å². The minimum absolute atomic E-state index is 0.0434. The number of hydrogen-bond acceptors (Lipinski definition) is 4. The Morgan fingerprint density at radius 2 is 1.44 bits per heavy atom. The van der Waals surface area contributed by atoms with Crippen LogP contribution in [0.1, 0.15) is 98.2 Å². The molecule has 0 radical (unpaired) electrons. The average molecular weight is 551 g/mol. The Balaban J connectivity index is 1.79. The normalized spacial score (nSPS) is 11.6. The Kier molecular flexibility index (Phi) is 14.6. The van der Waals surface area contributed by atoms with Crippen LogP contribution in [-0.4, -0.2) is 35.2 Å². The number of benzene rings is 2. The molecule has 0 saturated carbocycles.